The molecule has 1 fully saturated rings. The summed E-state index contributed by atoms with van der Waals surface area (Å²) < 4.78 is 21.3. The van der Waals surface area contributed by atoms with E-state index in [0.717, 1.165) is 21.8 Å². The van der Waals surface area contributed by atoms with Crippen LogP contribution in [0.2, 0.25) is 0 Å². The van der Waals surface area contributed by atoms with Crippen LogP contribution in [0.3, 0.4) is 0 Å². The number of carbonyl (C=O) groups excluding carboxylic acids is 1. The number of ether oxygens (including phenoxy) is 1. The lowest BCUT2D eigenvalue weighted by Crippen LogP contribution is -2.50. The molecule has 3 rings (SSSR count). The maximum atomic E-state index is 12.7. The van der Waals surface area contributed by atoms with Crippen LogP contribution in [0, 0.1) is 6.92 Å². The van der Waals surface area contributed by atoms with Crippen LogP contribution in [0.5, 0.6) is 0 Å². The van der Waals surface area contributed by atoms with Crippen LogP contribution in [0.25, 0.3) is 0 Å². The van der Waals surface area contributed by atoms with Crippen molar-refractivity contribution in [3.05, 3.63) is 54.1 Å². The van der Waals surface area contributed by atoms with Crippen molar-refractivity contribution in [2.75, 3.05) is 35.8 Å². The second-order valence-corrected chi connectivity index (χ2v) is 9.37. The summed E-state index contributed by atoms with van der Waals surface area (Å²) in [6.45, 7) is 10.2. The molecule has 0 radical (unpaired) electrons. The van der Waals surface area contributed by atoms with E-state index in [4.69, 9.17) is 4.74 Å². The van der Waals surface area contributed by atoms with Gasteiger partial charge in [0, 0.05) is 26.2 Å². The first-order chi connectivity index (χ1) is 13.7. The number of hydrogen-bond donors (Lipinski definition) is 1. The van der Waals surface area contributed by atoms with E-state index >= 15 is 0 Å². The topological polar surface area (TPSA) is 61.9 Å². The van der Waals surface area contributed by atoms with Crippen LogP contribution < -0.4 is 9.62 Å². The number of nitrogens with zero attached hydrogens (tertiary/aromatic N) is 2. The second-order valence-electron chi connectivity index (χ2n) is 8.16. The van der Waals surface area contributed by atoms with Gasteiger partial charge in [-0.3, -0.25) is 4.72 Å². The van der Waals surface area contributed by atoms with Gasteiger partial charge in [0.15, 0.2) is 0 Å². The first-order valence-corrected chi connectivity index (χ1v) is 10.9. The van der Waals surface area contributed by atoms with Crippen molar-refractivity contribution in [1.82, 2.24) is 4.90 Å². The maximum absolute atomic E-state index is 12.7. The largest absolute Gasteiger partial charge is 0.444 e. The molecule has 0 saturated carbocycles. The van der Waals surface area contributed by atoms with Crippen molar-refractivity contribution < 1.29 is 13.7 Å². The fourth-order valence-electron chi connectivity index (χ4n) is 3.11. The summed E-state index contributed by atoms with van der Waals surface area (Å²) in [4.78, 5) is 17.0. The molecular weight excluding hydrogens is 386 g/mol. The molecule has 0 aliphatic carbocycles. The number of para-hydroxylation sites is 2. The smallest absolute Gasteiger partial charge is 0.410 e. The molecule has 0 spiro atoms. The number of aryl methyl sites for hydroxylation is 1. The molecule has 0 bridgehead atoms. The van der Waals surface area contributed by atoms with Crippen molar-refractivity contribution in [2.24, 2.45) is 0 Å². The average Bonchev–Trinajstić information content (AvgIpc) is 2.68. The van der Waals surface area contributed by atoms with Gasteiger partial charge in [0.1, 0.15) is 16.6 Å². The number of piperazine rings is 1. The first-order valence-electron chi connectivity index (χ1n) is 9.80. The predicted molar refractivity (Wildman–Crippen MR) is 118 cm³/mol. The van der Waals surface area contributed by atoms with Crippen LogP contribution in [0.4, 0.5) is 16.2 Å². The number of anilines is 2. The van der Waals surface area contributed by atoms with Gasteiger partial charge in [0.25, 0.3) is 0 Å². The summed E-state index contributed by atoms with van der Waals surface area (Å²) in [7, 11) is -1.34. The van der Waals surface area contributed by atoms with E-state index in [0.29, 0.717) is 26.2 Å². The molecular formula is C22H29N3O3S. The van der Waals surface area contributed by atoms with Gasteiger partial charge in [0.05, 0.1) is 16.3 Å². The molecule has 1 heterocycles. The summed E-state index contributed by atoms with van der Waals surface area (Å²) in [5.74, 6) is 0. The fraction of sp³-hybridized carbons (Fsp3) is 0.409. The number of carbonyl (C=O) groups is 1. The molecule has 6 nitrogen and oxygen atoms in total. The minimum atomic E-state index is -1.34. The highest BCUT2D eigenvalue weighted by molar-refractivity contribution is 7.86. The van der Waals surface area contributed by atoms with E-state index in [-0.39, 0.29) is 6.09 Å². The normalized spacial score (nSPS) is 15.7. The Morgan fingerprint density at radius 3 is 2.24 bits per heavy atom. The van der Waals surface area contributed by atoms with Gasteiger partial charge in [-0.25, -0.2) is 9.00 Å². The van der Waals surface area contributed by atoms with Crippen molar-refractivity contribution in [2.45, 2.75) is 38.2 Å². The Bertz CT molecular complexity index is 870. The lowest BCUT2D eigenvalue weighted by atomic mass is 10.2. The van der Waals surface area contributed by atoms with Gasteiger partial charge in [-0.05, 0) is 52.0 Å². The molecule has 1 atom stereocenters. The predicted octanol–water partition coefficient (Wildman–Crippen LogP) is 4.19. The molecule has 1 unspecified atom stereocenters. The number of nitrogens with one attached hydrogen (secondary N) is 1. The summed E-state index contributed by atoms with van der Waals surface area (Å²) in [5.41, 5.74) is 2.44. The molecule has 29 heavy (non-hydrogen) atoms. The van der Waals surface area contributed by atoms with Crippen LogP contribution in [-0.2, 0) is 15.7 Å². The average molecular weight is 416 g/mol. The molecule has 1 amide bonds. The first kappa shape index (κ1) is 21.2. The Morgan fingerprint density at radius 1 is 1.00 bits per heavy atom. The standard InChI is InChI=1S/C22H29N3O3S/c1-17-9-11-18(12-10-17)29(27)23-19-7-5-6-8-20(19)24-13-15-25(16-14-24)21(26)28-22(2,3)4/h5-12,23H,13-16H2,1-4H3. The third-order valence-corrected chi connectivity index (χ3v) is 5.72. The SMILES string of the molecule is Cc1ccc(S(=O)Nc2ccccc2N2CCN(C(=O)OC(C)(C)C)CC2)cc1. The zero-order valence-corrected chi connectivity index (χ0v) is 18.3. The maximum Gasteiger partial charge on any atom is 0.410 e. The van der Waals surface area contributed by atoms with Crippen molar-refractivity contribution in [1.29, 1.82) is 0 Å². The number of rotatable bonds is 4. The summed E-state index contributed by atoms with van der Waals surface area (Å²) in [6.07, 6.45) is -0.274. The second kappa shape index (κ2) is 8.86. The molecule has 0 aromatic heterocycles. The molecule has 1 N–H and O–H groups in total. The molecule has 2 aromatic rings. The summed E-state index contributed by atoms with van der Waals surface area (Å²) in [5, 5.41) is 0. The van der Waals surface area contributed by atoms with Gasteiger partial charge in [-0.2, -0.15) is 0 Å². The van der Waals surface area contributed by atoms with Crippen molar-refractivity contribution in [3.63, 3.8) is 0 Å². The fourth-order valence-corrected chi connectivity index (χ4v) is 3.99. The number of hydrogen-bond acceptors (Lipinski definition) is 4. The monoisotopic (exact) mass is 415 g/mol. The Hall–Kier alpha value is -2.54. The summed E-state index contributed by atoms with van der Waals surface area (Å²) >= 11 is 0. The summed E-state index contributed by atoms with van der Waals surface area (Å²) in [6, 6.07) is 15.5. The third-order valence-electron chi connectivity index (χ3n) is 4.61. The van der Waals surface area contributed by atoms with E-state index in [1.54, 1.807) is 4.90 Å². The van der Waals surface area contributed by atoms with E-state index in [9.17, 15) is 9.00 Å². The van der Waals surface area contributed by atoms with E-state index < -0.39 is 16.6 Å². The van der Waals surface area contributed by atoms with E-state index in [1.807, 2.05) is 76.2 Å². The Morgan fingerprint density at radius 2 is 1.62 bits per heavy atom. The Labute approximate surface area is 175 Å². The quantitative estimate of drug-likeness (QED) is 0.813. The van der Waals surface area contributed by atoms with Crippen molar-refractivity contribution >= 4 is 28.5 Å². The molecule has 7 heteroatoms. The van der Waals surface area contributed by atoms with Crippen LogP contribution in [0.1, 0.15) is 26.3 Å². The van der Waals surface area contributed by atoms with Crippen molar-refractivity contribution in [3.8, 4) is 0 Å². The van der Waals surface area contributed by atoms with E-state index in [2.05, 4.69) is 9.62 Å². The highest BCUT2D eigenvalue weighted by Crippen LogP contribution is 2.28. The third kappa shape index (κ3) is 5.73. The molecule has 156 valence electrons. The Kier molecular flexibility index (Phi) is 6.47. The van der Waals surface area contributed by atoms with Gasteiger partial charge in [-0.15, -0.1) is 0 Å². The molecule has 1 aliphatic heterocycles. The minimum absolute atomic E-state index is 0.274. The minimum Gasteiger partial charge on any atom is -0.444 e. The number of amides is 1. The lowest BCUT2D eigenvalue weighted by molar-refractivity contribution is 0.0240. The van der Waals surface area contributed by atoms with Gasteiger partial charge in [-0.1, -0.05) is 29.8 Å². The highest BCUT2D eigenvalue weighted by Gasteiger charge is 2.26. The van der Waals surface area contributed by atoms with Crippen LogP contribution >= 0.6 is 0 Å². The lowest BCUT2D eigenvalue weighted by Gasteiger charge is -2.37. The zero-order chi connectivity index (χ0) is 21.0. The van der Waals surface area contributed by atoms with E-state index in [1.165, 1.54) is 0 Å². The highest BCUT2D eigenvalue weighted by atomic mass is 32.2. The van der Waals surface area contributed by atoms with Crippen LogP contribution in [0.15, 0.2) is 53.4 Å². The Balaban J connectivity index is 1.66. The molecule has 1 saturated heterocycles. The molecule has 1 aliphatic rings. The molecule has 2 aromatic carbocycles. The van der Waals surface area contributed by atoms with Gasteiger partial charge in [0.2, 0.25) is 0 Å². The van der Waals surface area contributed by atoms with Gasteiger partial charge < -0.3 is 14.5 Å². The zero-order valence-electron chi connectivity index (χ0n) is 17.5. The van der Waals surface area contributed by atoms with Crippen LogP contribution in [-0.4, -0.2) is 47.0 Å². The number of benzene rings is 2. The van der Waals surface area contributed by atoms with Gasteiger partial charge >= 0.3 is 6.09 Å².